The van der Waals surface area contributed by atoms with Gasteiger partial charge >= 0.3 is 18.0 Å². The number of likely N-dealkylation sites (N-methyl/N-ethyl adjacent to an activating group) is 1. The molecule has 8 heteroatoms. The van der Waals surface area contributed by atoms with E-state index in [4.69, 9.17) is 10.2 Å². The molecule has 0 aromatic rings. The summed E-state index contributed by atoms with van der Waals surface area (Å²) in [6, 6.07) is -1.28. The Bertz CT molecular complexity index is 403. The molecule has 0 saturated carbocycles. The second-order valence-corrected chi connectivity index (χ2v) is 5.54. The first-order valence-corrected chi connectivity index (χ1v) is 6.94. The average molecular weight is 301 g/mol. The van der Waals surface area contributed by atoms with Crippen LogP contribution in [0.5, 0.6) is 0 Å². The summed E-state index contributed by atoms with van der Waals surface area (Å²) in [6.45, 7) is 5.01. The molecule has 0 spiro atoms. The molecular formula is C13H23N3O5. The molecule has 21 heavy (non-hydrogen) atoms. The van der Waals surface area contributed by atoms with Crippen molar-refractivity contribution >= 4 is 18.0 Å². The molecule has 1 heterocycles. The highest BCUT2D eigenvalue weighted by molar-refractivity contribution is 5.83. The number of carbonyl (C=O) groups is 3. The van der Waals surface area contributed by atoms with E-state index in [1.807, 2.05) is 20.9 Å². The zero-order chi connectivity index (χ0) is 16.2. The van der Waals surface area contributed by atoms with Crippen molar-refractivity contribution in [1.29, 1.82) is 0 Å². The number of aliphatic carboxylic acids is 2. The van der Waals surface area contributed by atoms with Gasteiger partial charge in [-0.15, -0.1) is 0 Å². The van der Waals surface area contributed by atoms with Crippen LogP contribution in [0.25, 0.3) is 0 Å². The highest BCUT2D eigenvalue weighted by Gasteiger charge is 2.31. The van der Waals surface area contributed by atoms with Crippen LogP contribution in [0.3, 0.4) is 0 Å². The van der Waals surface area contributed by atoms with Crippen molar-refractivity contribution in [1.82, 2.24) is 15.1 Å². The highest BCUT2D eigenvalue weighted by Crippen LogP contribution is 2.13. The van der Waals surface area contributed by atoms with Gasteiger partial charge in [0.15, 0.2) is 0 Å². The highest BCUT2D eigenvalue weighted by atomic mass is 16.4. The third-order valence-electron chi connectivity index (χ3n) is 3.89. The maximum absolute atomic E-state index is 12.1. The Morgan fingerprint density at radius 1 is 1.19 bits per heavy atom. The number of carboxylic acid groups (broad SMARTS) is 2. The van der Waals surface area contributed by atoms with Crippen molar-refractivity contribution in [2.24, 2.45) is 0 Å². The molecule has 0 bridgehead atoms. The van der Waals surface area contributed by atoms with Gasteiger partial charge in [-0.25, -0.2) is 9.59 Å². The summed E-state index contributed by atoms with van der Waals surface area (Å²) in [6.07, 6.45) is -0.429. The lowest BCUT2D eigenvalue weighted by atomic mass is 10.1. The summed E-state index contributed by atoms with van der Waals surface area (Å²) >= 11 is 0. The average Bonchev–Trinajstić information content (AvgIpc) is 2.39. The van der Waals surface area contributed by atoms with Crippen molar-refractivity contribution in [2.75, 3.05) is 20.1 Å². The Morgan fingerprint density at radius 2 is 1.71 bits per heavy atom. The Morgan fingerprint density at radius 3 is 2.14 bits per heavy atom. The predicted molar refractivity (Wildman–Crippen MR) is 75.1 cm³/mol. The fourth-order valence-corrected chi connectivity index (χ4v) is 2.34. The lowest BCUT2D eigenvalue weighted by Gasteiger charge is -2.42. The number of amides is 2. The molecule has 0 radical (unpaired) electrons. The van der Waals surface area contributed by atoms with Gasteiger partial charge < -0.3 is 20.4 Å². The topological polar surface area (TPSA) is 110 Å². The smallest absolute Gasteiger partial charge is 0.326 e. The number of piperazine rings is 1. The van der Waals surface area contributed by atoms with E-state index >= 15 is 0 Å². The molecule has 120 valence electrons. The zero-order valence-electron chi connectivity index (χ0n) is 12.6. The van der Waals surface area contributed by atoms with Crippen LogP contribution in [0, 0.1) is 0 Å². The minimum absolute atomic E-state index is 0.130. The number of nitrogens with zero attached hydrogens (tertiary/aromatic N) is 2. The molecule has 1 saturated heterocycles. The number of carbonyl (C=O) groups excluding carboxylic acids is 1. The molecule has 1 fully saturated rings. The van der Waals surface area contributed by atoms with Gasteiger partial charge in [-0.3, -0.25) is 9.69 Å². The SMILES string of the molecule is CC1CN(C(=O)NC(CCC(=O)O)C(=O)O)CC(C)N1C. The van der Waals surface area contributed by atoms with E-state index in [1.165, 1.54) is 0 Å². The number of rotatable bonds is 5. The third-order valence-corrected chi connectivity index (χ3v) is 3.89. The van der Waals surface area contributed by atoms with Crippen molar-refractivity contribution < 1.29 is 24.6 Å². The molecule has 0 aliphatic carbocycles. The second-order valence-electron chi connectivity index (χ2n) is 5.54. The van der Waals surface area contributed by atoms with Crippen molar-refractivity contribution in [3.63, 3.8) is 0 Å². The summed E-state index contributed by atoms with van der Waals surface area (Å²) in [4.78, 5) is 37.5. The van der Waals surface area contributed by atoms with E-state index in [9.17, 15) is 14.4 Å². The number of nitrogens with one attached hydrogen (secondary N) is 1. The van der Waals surface area contributed by atoms with Gasteiger partial charge in [-0.05, 0) is 27.3 Å². The van der Waals surface area contributed by atoms with Crippen LogP contribution in [-0.2, 0) is 9.59 Å². The zero-order valence-corrected chi connectivity index (χ0v) is 12.6. The van der Waals surface area contributed by atoms with Gasteiger partial charge in [0.25, 0.3) is 0 Å². The maximum atomic E-state index is 12.1. The van der Waals surface area contributed by atoms with E-state index in [-0.39, 0.29) is 24.9 Å². The molecule has 1 aliphatic heterocycles. The monoisotopic (exact) mass is 301 g/mol. The van der Waals surface area contributed by atoms with Gasteiger partial charge in [0, 0.05) is 31.6 Å². The van der Waals surface area contributed by atoms with Crippen LogP contribution < -0.4 is 5.32 Å². The normalized spacial score (nSPS) is 24.4. The van der Waals surface area contributed by atoms with E-state index in [1.54, 1.807) is 4.90 Å². The molecule has 8 nitrogen and oxygen atoms in total. The van der Waals surface area contributed by atoms with E-state index in [2.05, 4.69) is 10.2 Å². The fraction of sp³-hybridized carbons (Fsp3) is 0.769. The second kappa shape index (κ2) is 7.26. The molecule has 1 aliphatic rings. The molecule has 0 aromatic heterocycles. The van der Waals surface area contributed by atoms with Crippen molar-refractivity contribution in [3.05, 3.63) is 0 Å². The van der Waals surface area contributed by atoms with Crippen LogP contribution in [0.1, 0.15) is 26.7 Å². The molecule has 3 unspecified atom stereocenters. The van der Waals surface area contributed by atoms with Crippen LogP contribution in [-0.4, -0.2) is 76.2 Å². The Hall–Kier alpha value is -1.83. The summed E-state index contributed by atoms with van der Waals surface area (Å²) in [7, 11) is 1.98. The quantitative estimate of drug-likeness (QED) is 0.661. The lowest BCUT2D eigenvalue weighted by Crippen LogP contribution is -2.59. The molecule has 3 atom stereocenters. The summed E-state index contributed by atoms with van der Waals surface area (Å²) in [5, 5.41) is 20.1. The summed E-state index contributed by atoms with van der Waals surface area (Å²) < 4.78 is 0. The molecule has 0 aromatic carbocycles. The predicted octanol–water partition coefficient (Wildman–Crippen LogP) is 0.0384. The van der Waals surface area contributed by atoms with Crippen LogP contribution >= 0.6 is 0 Å². The number of urea groups is 1. The van der Waals surface area contributed by atoms with Crippen LogP contribution in [0.15, 0.2) is 0 Å². The molecule has 2 amide bonds. The minimum Gasteiger partial charge on any atom is -0.481 e. The lowest BCUT2D eigenvalue weighted by molar-refractivity contribution is -0.140. The first-order chi connectivity index (χ1) is 9.72. The summed E-state index contributed by atoms with van der Waals surface area (Å²) in [5.74, 6) is -2.31. The first kappa shape index (κ1) is 17.2. The molecular weight excluding hydrogens is 278 g/mol. The van der Waals surface area contributed by atoms with Crippen LogP contribution in [0.4, 0.5) is 4.79 Å². The minimum atomic E-state index is -1.22. The summed E-state index contributed by atoms with van der Waals surface area (Å²) in [5.41, 5.74) is 0. The van der Waals surface area contributed by atoms with Crippen molar-refractivity contribution in [2.45, 2.75) is 44.8 Å². The van der Waals surface area contributed by atoms with E-state index in [0.717, 1.165) is 0 Å². The fourth-order valence-electron chi connectivity index (χ4n) is 2.34. The molecule has 3 N–H and O–H groups in total. The Balaban J connectivity index is 2.61. The van der Waals surface area contributed by atoms with Crippen molar-refractivity contribution in [3.8, 4) is 0 Å². The van der Waals surface area contributed by atoms with Gasteiger partial charge in [0.1, 0.15) is 6.04 Å². The first-order valence-electron chi connectivity index (χ1n) is 6.94. The van der Waals surface area contributed by atoms with E-state index in [0.29, 0.717) is 13.1 Å². The van der Waals surface area contributed by atoms with Gasteiger partial charge in [-0.1, -0.05) is 0 Å². The van der Waals surface area contributed by atoms with Crippen LogP contribution in [0.2, 0.25) is 0 Å². The largest absolute Gasteiger partial charge is 0.481 e. The Labute approximate surface area is 123 Å². The van der Waals surface area contributed by atoms with Gasteiger partial charge in [0.05, 0.1) is 0 Å². The van der Waals surface area contributed by atoms with Gasteiger partial charge in [-0.2, -0.15) is 0 Å². The Kier molecular flexibility index (Phi) is 5.95. The van der Waals surface area contributed by atoms with E-state index < -0.39 is 24.0 Å². The number of hydrogen-bond acceptors (Lipinski definition) is 4. The van der Waals surface area contributed by atoms with Gasteiger partial charge in [0.2, 0.25) is 0 Å². The molecule has 1 rings (SSSR count). The number of carboxylic acids is 2. The third kappa shape index (κ3) is 4.89. The standard InChI is InChI=1S/C13H23N3O5/c1-8-6-16(7-9(2)15(8)3)13(21)14-10(12(19)20)4-5-11(17)18/h8-10H,4-7H2,1-3H3,(H,14,21)(H,17,18)(H,19,20). The number of hydrogen-bond donors (Lipinski definition) is 3. The maximum Gasteiger partial charge on any atom is 0.326 e.